The van der Waals surface area contributed by atoms with E-state index >= 15 is 0 Å². The van der Waals surface area contributed by atoms with Gasteiger partial charge in [-0.05, 0) is 56.3 Å². The Bertz CT molecular complexity index is 607. The Kier molecular flexibility index (Phi) is 5.75. The number of ether oxygens (including phenoxy) is 2. The Hall–Kier alpha value is -1.59. The quantitative estimate of drug-likeness (QED) is 0.831. The van der Waals surface area contributed by atoms with Gasteiger partial charge in [0.15, 0.2) is 0 Å². The molecule has 0 N–H and O–H groups in total. The molecule has 0 aliphatic carbocycles. The number of morpholine rings is 1. The minimum atomic E-state index is 0.211. The zero-order chi connectivity index (χ0) is 17.8. The second kappa shape index (κ2) is 8.40. The van der Waals surface area contributed by atoms with Gasteiger partial charge in [0.05, 0.1) is 19.8 Å². The number of hydrogen-bond donors (Lipinski definition) is 0. The number of benzene rings is 1. The van der Waals surface area contributed by atoms with Gasteiger partial charge >= 0.3 is 0 Å². The number of rotatable bonds is 3. The Morgan fingerprint density at radius 1 is 1.00 bits per heavy atom. The van der Waals surface area contributed by atoms with Crippen molar-refractivity contribution in [2.75, 3.05) is 52.5 Å². The van der Waals surface area contributed by atoms with E-state index in [0.29, 0.717) is 25.0 Å². The third-order valence-electron chi connectivity index (χ3n) is 6.04. The predicted molar refractivity (Wildman–Crippen MR) is 100 cm³/mol. The van der Waals surface area contributed by atoms with Gasteiger partial charge in [-0.1, -0.05) is 18.2 Å². The molecular formula is C21H30N2O3. The first kappa shape index (κ1) is 17.8. The second-order valence-electron chi connectivity index (χ2n) is 7.83. The number of nitrogens with zero attached hydrogens (tertiary/aromatic N) is 2. The van der Waals surface area contributed by atoms with Crippen LogP contribution in [-0.4, -0.2) is 68.3 Å². The molecule has 1 aromatic carbocycles. The van der Waals surface area contributed by atoms with Crippen molar-refractivity contribution < 1.29 is 14.3 Å². The summed E-state index contributed by atoms with van der Waals surface area (Å²) < 4.78 is 11.3. The van der Waals surface area contributed by atoms with Crippen LogP contribution < -0.4 is 4.74 Å². The minimum absolute atomic E-state index is 0.211. The predicted octanol–water partition coefficient (Wildman–Crippen LogP) is 2.20. The van der Waals surface area contributed by atoms with E-state index in [4.69, 9.17) is 9.47 Å². The highest BCUT2D eigenvalue weighted by Crippen LogP contribution is 2.28. The van der Waals surface area contributed by atoms with Gasteiger partial charge in [0, 0.05) is 25.6 Å². The molecule has 26 heavy (non-hydrogen) atoms. The van der Waals surface area contributed by atoms with Crippen LogP contribution in [0, 0.1) is 11.8 Å². The standard InChI is InChI=1S/C21H30N2O3/c24-21(23-10-13-25-14-11-23)18-5-8-22(9-6-18)16-17-7-12-26-20-4-2-1-3-19(20)15-17/h1-4,17-18H,5-16H2/t17-/m1/s1. The average molecular weight is 358 g/mol. The van der Waals surface area contributed by atoms with E-state index in [1.807, 2.05) is 4.90 Å². The molecule has 0 saturated carbocycles. The van der Waals surface area contributed by atoms with Crippen molar-refractivity contribution >= 4 is 5.91 Å². The van der Waals surface area contributed by atoms with Crippen molar-refractivity contribution in [2.24, 2.45) is 11.8 Å². The van der Waals surface area contributed by atoms with E-state index in [1.165, 1.54) is 5.56 Å². The summed E-state index contributed by atoms with van der Waals surface area (Å²) in [5.41, 5.74) is 1.34. The Labute approximate surface area is 156 Å². The van der Waals surface area contributed by atoms with Crippen LogP contribution in [0.5, 0.6) is 5.75 Å². The highest BCUT2D eigenvalue weighted by atomic mass is 16.5. The molecule has 3 aliphatic rings. The molecule has 2 fully saturated rings. The molecule has 3 aliphatic heterocycles. The van der Waals surface area contributed by atoms with Crippen LogP contribution >= 0.6 is 0 Å². The van der Waals surface area contributed by atoms with Crippen LogP contribution in [-0.2, 0) is 16.0 Å². The van der Waals surface area contributed by atoms with Gasteiger partial charge in [-0.2, -0.15) is 0 Å². The van der Waals surface area contributed by atoms with Crippen molar-refractivity contribution in [3.63, 3.8) is 0 Å². The lowest BCUT2D eigenvalue weighted by Gasteiger charge is -2.36. The maximum absolute atomic E-state index is 12.7. The topological polar surface area (TPSA) is 42.0 Å². The molecule has 0 aromatic heterocycles. The molecule has 142 valence electrons. The number of carbonyl (C=O) groups excluding carboxylic acids is 1. The summed E-state index contributed by atoms with van der Waals surface area (Å²) in [4.78, 5) is 17.2. The minimum Gasteiger partial charge on any atom is -0.493 e. The van der Waals surface area contributed by atoms with Gasteiger partial charge in [-0.3, -0.25) is 4.79 Å². The fraction of sp³-hybridized carbons (Fsp3) is 0.667. The number of carbonyl (C=O) groups is 1. The highest BCUT2D eigenvalue weighted by Gasteiger charge is 2.30. The lowest BCUT2D eigenvalue weighted by molar-refractivity contribution is -0.141. The molecule has 1 aromatic rings. The third-order valence-corrected chi connectivity index (χ3v) is 6.04. The fourth-order valence-corrected chi connectivity index (χ4v) is 4.49. The lowest BCUT2D eigenvalue weighted by Crippen LogP contribution is -2.47. The SMILES string of the molecule is O=C(C1CCN(C[C@@H]2CCOc3ccccc3C2)CC1)N1CCOCC1. The molecule has 4 rings (SSSR count). The molecule has 1 amide bonds. The van der Waals surface area contributed by atoms with E-state index in [2.05, 4.69) is 29.2 Å². The first-order chi connectivity index (χ1) is 12.8. The maximum Gasteiger partial charge on any atom is 0.225 e. The Morgan fingerprint density at radius 3 is 2.58 bits per heavy atom. The fourth-order valence-electron chi connectivity index (χ4n) is 4.49. The molecule has 5 heteroatoms. The monoisotopic (exact) mass is 358 g/mol. The van der Waals surface area contributed by atoms with Crippen LogP contribution in [0.25, 0.3) is 0 Å². The van der Waals surface area contributed by atoms with E-state index in [0.717, 1.165) is 70.8 Å². The molecule has 0 spiro atoms. The summed E-state index contributed by atoms with van der Waals surface area (Å²) >= 11 is 0. The number of likely N-dealkylation sites (tertiary alicyclic amines) is 1. The van der Waals surface area contributed by atoms with Crippen molar-refractivity contribution in [2.45, 2.75) is 25.7 Å². The molecule has 0 unspecified atom stereocenters. The molecule has 1 atom stereocenters. The molecule has 5 nitrogen and oxygen atoms in total. The molecule has 3 heterocycles. The van der Waals surface area contributed by atoms with Gasteiger partial charge in [0.25, 0.3) is 0 Å². The van der Waals surface area contributed by atoms with Crippen LogP contribution in [0.1, 0.15) is 24.8 Å². The molecule has 0 radical (unpaired) electrons. The summed E-state index contributed by atoms with van der Waals surface area (Å²) in [6, 6.07) is 8.43. The van der Waals surface area contributed by atoms with Crippen molar-refractivity contribution in [3.05, 3.63) is 29.8 Å². The Balaban J connectivity index is 1.27. The number of fused-ring (bicyclic) bond motifs is 1. The molecular weight excluding hydrogens is 328 g/mol. The number of hydrogen-bond acceptors (Lipinski definition) is 4. The van der Waals surface area contributed by atoms with Gasteiger partial charge in [0.1, 0.15) is 5.75 Å². The smallest absolute Gasteiger partial charge is 0.225 e. The summed E-state index contributed by atoms with van der Waals surface area (Å²) in [6.45, 7) is 6.93. The summed E-state index contributed by atoms with van der Waals surface area (Å²) in [5.74, 6) is 2.27. The largest absolute Gasteiger partial charge is 0.493 e. The maximum atomic E-state index is 12.7. The van der Waals surface area contributed by atoms with Gasteiger partial charge in [0.2, 0.25) is 5.91 Å². The Morgan fingerprint density at radius 2 is 1.77 bits per heavy atom. The van der Waals surface area contributed by atoms with Gasteiger partial charge in [-0.15, -0.1) is 0 Å². The van der Waals surface area contributed by atoms with E-state index in [1.54, 1.807) is 0 Å². The first-order valence-electron chi connectivity index (χ1n) is 10.1. The second-order valence-corrected chi connectivity index (χ2v) is 7.83. The van der Waals surface area contributed by atoms with Crippen LogP contribution in [0.4, 0.5) is 0 Å². The van der Waals surface area contributed by atoms with E-state index < -0.39 is 0 Å². The van der Waals surface area contributed by atoms with Crippen LogP contribution in [0.2, 0.25) is 0 Å². The summed E-state index contributed by atoms with van der Waals surface area (Å²) in [7, 11) is 0. The zero-order valence-corrected chi connectivity index (χ0v) is 15.6. The van der Waals surface area contributed by atoms with E-state index in [-0.39, 0.29) is 5.92 Å². The normalized spacial score (nSPS) is 25.2. The van der Waals surface area contributed by atoms with Gasteiger partial charge < -0.3 is 19.3 Å². The number of piperidine rings is 1. The van der Waals surface area contributed by atoms with Crippen molar-refractivity contribution in [3.8, 4) is 5.75 Å². The van der Waals surface area contributed by atoms with Crippen LogP contribution in [0.3, 0.4) is 0 Å². The third kappa shape index (κ3) is 4.21. The molecule has 2 saturated heterocycles. The zero-order valence-electron chi connectivity index (χ0n) is 15.6. The highest BCUT2D eigenvalue weighted by molar-refractivity contribution is 5.79. The molecule has 0 bridgehead atoms. The van der Waals surface area contributed by atoms with Crippen LogP contribution in [0.15, 0.2) is 24.3 Å². The summed E-state index contributed by atoms with van der Waals surface area (Å²) in [6.07, 6.45) is 4.20. The summed E-state index contributed by atoms with van der Waals surface area (Å²) in [5, 5.41) is 0. The van der Waals surface area contributed by atoms with E-state index in [9.17, 15) is 4.79 Å². The lowest BCUT2D eigenvalue weighted by atomic mass is 9.92. The number of amides is 1. The number of para-hydroxylation sites is 1. The van der Waals surface area contributed by atoms with Gasteiger partial charge in [-0.25, -0.2) is 0 Å². The van der Waals surface area contributed by atoms with Crippen molar-refractivity contribution in [1.29, 1.82) is 0 Å². The van der Waals surface area contributed by atoms with Crippen molar-refractivity contribution in [1.82, 2.24) is 9.80 Å². The first-order valence-corrected chi connectivity index (χ1v) is 10.1. The average Bonchev–Trinajstić information content (AvgIpc) is 2.90.